The Labute approximate surface area is 109 Å². The van der Waals surface area contributed by atoms with E-state index in [2.05, 4.69) is 46.4 Å². The van der Waals surface area contributed by atoms with Crippen molar-refractivity contribution < 1.29 is 0 Å². The molecule has 1 aliphatic heterocycles. The first kappa shape index (κ1) is 15.0. The zero-order valence-corrected chi connectivity index (χ0v) is 12.9. The van der Waals surface area contributed by atoms with Crippen LogP contribution < -0.4 is 0 Å². The van der Waals surface area contributed by atoms with Gasteiger partial charge in [-0.1, -0.05) is 41.5 Å². The molecule has 0 radical (unpaired) electrons. The quantitative estimate of drug-likeness (QED) is 0.686. The van der Waals surface area contributed by atoms with Gasteiger partial charge >= 0.3 is 0 Å². The Hall–Kier alpha value is -0.0400. The molecule has 0 aliphatic carbocycles. The summed E-state index contributed by atoms with van der Waals surface area (Å²) in [6.07, 6.45) is 4.19. The third kappa shape index (κ3) is 5.42. The molecule has 0 aromatic heterocycles. The highest BCUT2D eigenvalue weighted by Gasteiger charge is 2.27. The molecule has 1 saturated heterocycles. The van der Waals surface area contributed by atoms with Crippen molar-refractivity contribution in [2.45, 2.75) is 60.8 Å². The van der Waals surface area contributed by atoms with Crippen LogP contribution in [0.25, 0.3) is 0 Å². The van der Waals surface area contributed by atoms with Gasteiger partial charge in [0.1, 0.15) is 0 Å². The second-order valence-corrected chi connectivity index (χ2v) is 7.64. The molecule has 0 N–H and O–H groups in total. The van der Waals surface area contributed by atoms with Crippen molar-refractivity contribution in [2.24, 2.45) is 23.2 Å². The van der Waals surface area contributed by atoms with Gasteiger partial charge in [0.2, 0.25) is 0 Å². The van der Waals surface area contributed by atoms with Gasteiger partial charge < -0.3 is 4.90 Å². The molecule has 0 saturated carbocycles. The number of piperidine rings is 1. The lowest BCUT2D eigenvalue weighted by Crippen LogP contribution is -2.42. The molecule has 1 nitrogen and oxygen atoms in total. The van der Waals surface area contributed by atoms with Gasteiger partial charge in [-0.3, -0.25) is 0 Å². The number of hydrogen-bond donors (Lipinski definition) is 0. The molecular weight excluding hydrogens is 206 g/mol. The summed E-state index contributed by atoms with van der Waals surface area (Å²) in [4.78, 5) is 2.72. The van der Waals surface area contributed by atoms with Gasteiger partial charge in [0.05, 0.1) is 0 Å². The lowest BCUT2D eigenvalue weighted by atomic mass is 9.81. The van der Waals surface area contributed by atoms with Crippen molar-refractivity contribution in [1.82, 2.24) is 4.90 Å². The first-order chi connectivity index (χ1) is 7.80. The average Bonchev–Trinajstić information content (AvgIpc) is 2.14. The van der Waals surface area contributed by atoms with Crippen LogP contribution in [-0.4, -0.2) is 24.5 Å². The molecule has 1 fully saturated rings. The van der Waals surface area contributed by atoms with E-state index in [1.807, 2.05) is 0 Å². The molecule has 1 unspecified atom stereocenters. The lowest BCUT2D eigenvalue weighted by Gasteiger charge is -2.40. The van der Waals surface area contributed by atoms with Gasteiger partial charge in [-0.15, -0.1) is 0 Å². The fourth-order valence-electron chi connectivity index (χ4n) is 3.55. The van der Waals surface area contributed by atoms with Crippen molar-refractivity contribution in [3.05, 3.63) is 0 Å². The molecule has 0 bridgehead atoms. The summed E-state index contributed by atoms with van der Waals surface area (Å²) in [5.74, 6) is 2.60. The molecule has 102 valence electrons. The second-order valence-electron chi connectivity index (χ2n) is 7.64. The normalized spacial score (nSPS) is 23.6. The minimum atomic E-state index is 0.479. The van der Waals surface area contributed by atoms with Crippen LogP contribution >= 0.6 is 0 Å². The van der Waals surface area contributed by atoms with Crippen LogP contribution in [0.5, 0.6) is 0 Å². The van der Waals surface area contributed by atoms with Gasteiger partial charge in [0.15, 0.2) is 0 Å². The molecule has 0 aromatic rings. The van der Waals surface area contributed by atoms with Crippen LogP contribution in [0.2, 0.25) is 0 Å². The maximum absolute atomic E-state index is 2.72. The minimum absolute atomic E-state index is 0.479. The van der Waals surface area contributed by atoms with Crippen LogP contribution in [0.3, 0.4) is 0 Å². The Morgan fingerprint density at radius 3 is 2.35 bits per heavy atom. The van der Waals surface area contributed by atoms with Gasteiger partial charge in [-0.25, -0.2) is 0 Å². The Morgan fingerprint density at radius 2 is 1.82 bits per heavy atom. The number of nitrogens with zero attached hydrogens (tertiary/aromatic N) is 1. The van der Waals surface area contributed by atoms with Crippen molar-refractivity contribution in [3.8, 4) is 0 Å². The number of likely N-dealkylation sites (tertiary alicyclic amines) is 1. The standard InChI is InChI=1S/C16H33N/c1-13(2)10-16(5,6)12-17-9-7-8-15(11-17)14(3)4/h13-15H,7-12H2,1-6H3. The molecule has 1 atom stereocenters. The van der Waals surface area contributed by atoms with Gasteiger partial charge in [0.25, 0.3) is 0 Å². The van der Waals surface area contributed by atoms with Crippen molar-refractivity contribution >= 4 is 0 Å². The SMILES string of the molecule is CC(C)CC(C)(C)CN1CCCC(C(C)C)C1. The zero-order valence-electron chi connectivity index (χ0n) is 12.9. The average molecular weight is 239 g/mol. The van der Waals surface area contributed by atoms with Crippen LogP contribution in [0.4, 0.5) is 0 Å². The Bertz CT molecular complexity index is 218. The number of rotatable bonds is 5. The van der Waals surface area contributed by atoms with Gasteiger partial charge in [-0.05, 0) is 49.0 Å². The molecule has 1 heterocycles. The predicted octanol–water partition coefficient (Wildman–Crippen LogP) is 4.43. The van der Waals surface area contributed by atoms with Gasteiger partial charge in [-0.2, -0.15) is 0 Å². The molecule has 0 amide bonds. The topological polar surface area (TPSA) is 3.24 Å². The highest BCUT2D eigenvalue weighted by Crippen LogP contribution is 2.30. The molecule has 0 spiro atoms. The Kier molecular flexibility index (Phi) is 5.50. The van der Waals surface area contributed by atoms with E-state index in [1.54, 1.807) is 0 Å². The second kappa shape index (κ2) is 6.22. The van der Waals surface area contributed by atoms with Crippen LogP contribution in [0.1, 0.15) is 60.8 Å². The molecule has 17 heavy (non-hydrogen) atoms. The van der Waals surface area contributed by atoms with Gasteiger partial charge in [0, 0.05) is 13.1 Å². The number of hydrogen-bond acceptors (Lipinski definition) is 1. The third-order valence-corrected chi connectivity index (χ3v) is 4.10. The van der Waals surface area contributed by atoms with E-state index in [-0.39, 0.29) is 0 Å². The van der Waals surface area contributed by atoms with Crippen LogP contribution in [0.15, 0.2) is 0 Å². The largest absolute Gasteiger partial charge is 0.303 e. The molecule has 1 aliphatic rings. The van der Waals surface area contributed by atoms with E-state index < -0.39 is 0 Å². The summed E-state index contributed by atoms with van der Waals surface area (Å²) in [6, 6.07) is 0. The minimum Gasteiger partial charge on any atom is -0.303 e. The lowest BCUT2D eigenvalue weighted by molar-refractivity contribution is 0.0927. The van der Waals surface area contributed by atoms with E-state index in [0.29, 0.717) is 5.41 Å². The summed E-state index contributed by atoms with van der Waals surface area (Å²) in [6.45, 7) is 18.3. The Balaban J connectivity index is 2.45. The summed E-state index contributed by atoms with van der Waals surface area (Å²) >= 11 is 0. The van der Waals surface area contributed by atoms with Crippen LogP contribution in [0, 0.1) is 23.2 Å². The predicted molar refractivity (Wildman–Crippen MR) is 77.2 cm³/mol. The van der Waals surface area contributed by atoms with E-state index in [0.717, 1.165) is 17.8 Å². The zero-order chi connectivity index (χ0) is 13.1. The highest BCUT2D eigenvalue weighted by molar-refractivity contribution is 4.80. The molecule has 1 rings (SSSR count). The molecular formula is C16H33N. The van der Waals surface area contributed by atoms with E-state index in [9.17, 15) is 0 Å². The van der Waals surface area contributed by atoms with Crippen LogP contribution in [-0.2, 0) is 0 Å². The van der Waals surface area contributed by atoms with E-state index >= 15 is 0 Å². The molecule has 1 heteroatoms. The van der Waals surface area contributed by atoms with Crippen molar-refractivity contribution in [1.29, 1.82) is 0 Å². The maximum Gasteiger partial charge on any atom is 0.00329 e. The first-order valence-electron chi connectivity index (χ1n) is 7.52. The van der Waals surface area contributed by atoms with Crippen molar-refractivity contribution in [2.75, 3.05) is 19.6 Å². The highest BCUT2D eigenvalue weighted by atomic mass is 15.1. The Morgan fingerprint density at radius 1 is 1.18 bits per heavy atom. The summed E-state index contributed by atoms with van der Waals surface area (Å²) in [5, 5.41) is 0. The molecule has 0 aromatic carbocycles. The van der Waals surface area contributed by atoms with Crippen molar-refractivity contribution in [3.63, 3.8) is 0 Å². The maximum atomic E-state index is 2.72. The fourth-order valence-corrected chi connectivity index (χ4v) is 3.55. The van der Waals surface area contributed by atoms with E-state index in [1.165, 1.54) is 38.9 Å². The summed E-state index contributed by atoms with van der Waals surface area (Å²) in [5.41, 5.74) is 0.479. The smallest absolute Gasteiger partial charge is 0.00329 e. The first-order valence-corrected chi connectivity index (χ1v) is 7.52. The van der Waals surface area contributed by atoms with E-state index in [4.69, 9.17) is 0 Å². The fraction of sp³-hybridized carbons (Fsp3) is 1.00. The summed E-state index contributed by atoms with van der Waals surface area (Å²) < 4.78 is 0. The third-order valence-electron chi connectivity index (χ3n) is 4.10. The summed E-state index contributed by atoms with van der Waals surface area (Å²) in [7, 11) is 0. The monoisotopic (exact) mass is 239 g/mol.